The minimum atomic E-state index is -0.200. The van der Waals surface area contributed by atoms with E-state index in [1.165, 1.54) is 37.0 Å². The average Bonchev–Trinajstić information content (AvgIpc) is 3.69. The zero-order chi connectivity index (χ0) is 21.4. The number of hydrogen-bond acceptors (Lipinski definition) is 6. The summed E-state index contributed by atoms with van der Waals surface area (Å²) >= 11 is 1.45. The molecule has 2 amide bonds. The van der Waals surface area contributed by atoms with E-state index in [-0.39, 0.29) is 24.3 Å². The molecule has 8 heteroatoms. The first-order valence-electron chi connectivity index (χ1n) is 10.9. The molecule has 164 valence electrons. The lowest BCUT2D eigenvalue weighted by molar-refractivity contribution is -0.131. The van der Waals surface area contributed by atoms with E-state index in [0.29, 0.717) is 42.3 Å². The lowest BCUT2D eigenvalue weighted by Crippen LogP contribution is -2.34. The first kappa shape index (κ1) is 20.3. The first-order valence-corrected chi connectivity index (χ1v) is 11.8. The Bertz CT molecular complexity index is 983. The summed E-state index contributed by atoms with van der Waals surface area (Å²) < 4.78 is 11.4. The van der Waals surface area contributed by atoms with Gasteiger partial charge in [0.1, 0.15) is 0 Å². The molecule has 2 aliphatic carbocycles. The van der Waals surface area contributed by atoms with Gasteiger partial charge in [0.05, 0.1) is 26.0 Å². The molecule has 2 saturated carbocycles. The number of carbonyl (C=O) groups excluding carboxylic acids is 2. The summed E-state index contributed by atoms with van der Waals surface area (Å²) in [6.07, 6.45) is 5.20. The number of methoxy groups -OCH3 is 1. The predicted molar refractivity (Wildman–Crippen MR) is 118 cm³/mol. The molecule has 1 aromatic heterocycles. The second-order valence-corrected chi connectivity index (χ2v) is 9.60. The third-order valence-corrected chi connectivity index (χ3v) is 6.92. The van der Waals surface area contributed by atoms with Crippen molar-refractivity contribution in [2.75, 3.05) is 32.1 Å². The van der Waals surface area contributed by atoms with Crippen LogP contribution in [-0.4, -0.2) is 48.5 Å². The van der Waals surface area contributed by atoms with Crippen LogP contribution >= 0.6 is 11.3 Å². The van der Waals surface area contributed by atoms with Gasteiger partial charge in [0.15, 0.2) is 16.6 Å². The van der Waals surface area contributed by atoms with Crippen LogP contribution in [0, 0.1) is 5.92 Å². The monoisotopic (exact) mass is 441 g/mol. The van der Waals surface area contributed by atoms with Crippen LogP contribution in [0.5, 0.6) is 11.5 Å². The number of benzene rings is 1. The summed E-state index contributed by atoms with van der Waals surface area (Å²) in [6, 6.07) is 5.87. The Hall–Kier alpha value is -2.61. The number of hydrogen-bond donors (Lipinski definition) is 1. The molecule has 3 aliphatic rings. The quantitative estimate of drug-likeness (QED) is 0.641. The summed E-state index contributed by atoms with van der Waals surface area (Å²) in [4.78, 5) is 31.1. The summed E-state index contributed by atoms with van der Waals surface area (Å²) in [5, 5.41) is 5.47. The van der Waals surface area contributed by atoms with E-state index in [9.17, 15) is 9.59 Å². The number of anilines is 1. The number of ether oxygens (including phenoxy) is 2. The molecule has 1 saturated heterocycles. The van der Waals surface area contributed by atoms with Gasteiger partial charge in [-0.2, -0.15) is 0 Å². The van der Waals surface area contributed by atoms with Crippen molar-refractivity contribution in [1.29, 1.82) is 0 Å². The van der Waals surface area contributed by atoms with Gasteiger partial charge >= 0.3 is 0 Å². The van der Waals surface area contributed by atoms with Crippen molar-refractivity contribution >= 4 is 28.3 Å². The first-order chi connectivity index (χ1) is 15.1. The third-order valence-electron chi connectivity index (χ3n) is 6.14. The maximum absolute atomic E-state index is 12.6. The van der Waals surface area contributed by atoms with Gasteiger partial charge < -0.3 is 19.7 Å². The van der Waals surface area contributed by atoms with Gasteiger partial charge in [-0.1, -0.05) is 6.07 Å². The van der Waals surface area contributed by atoms with Crippen molar-refractivity contribution in [3.8, 4) is 11.5 Å². The van der Waals surface area contributed by atoms with Crippen molar-refractivity contribution in [2.45, 2.75) is 43.9 Å². The number of aromatic nitrogens is 1. The van der Waals surface area contributed by atoms with Crippen LogP contribution < -0.4 is 14.8 Å². The largest absolute Gasteiger partial charge is 0.493 e. The summed E-state index contributed by atoms with van der Waals surface area (Å²) in [5.74, 6) is 2.47. The molecule has 1 unspecified atom stereocenters. The van der Waals surface area contributed by atoms with Gasteiger partial charge in [-0.25, -0.2) is 4.98 Å². The molecule has 0 radical (unpaired) electrons. The smallest absolute Gasteiger partial charge is 0.245 e. The SMILES string of the molecule is COc1ccc(C2CC(=O)N(CC(=O)Nc3nc(C4CC4)cs3)C2)cc1OCC1CC1. The molecule has 1 N–H and O–H groups in total. The number of amides is 2. The van der Waals surface area contributed by atoms with Crippen LogP contribution in [0.2, 0.25) is 0 Å². The van der Waals surface area contributed by atoms with Gasteiger partial charge in [0.25, 0.3) is 0 Å². The van der Waals surface area contributed by atoms with E-state index in [4.69, 9.17) is 9.47 Å². The predicted octanol–water partition coefficient (Wildman–Crippen LogP) is 3.77. The zero-order valence-corrected chi connectivity index (χ0v) is 18.5. The molecule has 1 atom stereocenters. The Morgan fingerprint density at radius 1 is 1.23 bits per heavy atom. The molecule has 0 spiro atoms. The fraction of sp³-hybridized carbons (Fsp3) is 0.522. The van der Waals surface area contributed by atoms with Crippen LogP contribution in [0.25, 0.3) is 0 Å². The fourth-order valence-electron chi connectivity index (χ4n) is 3.94. The van der Waals surface area contributed by atoms with Crippen molar-refractivity contribution in [2.24, 2.45) is 5.92 Å². The Labute approximate surface area is 185 Å². The van der Waals surface area contributed by atoms with Crippen molar-refractivity contribution < 1.29 is 19.1 Å². The van der Waals surface area contributed by atoms with E-state index < -0.39 is 0 Å². The zero-order valence-electron chi connectivity index (χ0n) is 17.6. The highest BCUT2D eigenvalue weighted by molar-refractivity contribution is 7.13. The van der Waals surface area contributed by atoms with Crippen LogP contribution in [0.4, 0.5) is 5.13 Å². The fourth-order valence-corrected chi connectivity index (χ4v) is 4.75. The molecule has 31 heavy (non-hydrogen) atoms. The highest BCUT2D eigenvalue weighted by Crippen LogP contribution is 2.41. The Kier molecular flexibility index (Phi) is 5.56. The maximum atomic E-state index is 12.6. The van der Waals surface area contributed by atoms with E-state index in [1.807, 2.05) is 23.6 Å². The number of carbonyl (C=O) groups is 2. The highest BCUT2D eigenvalue weighted by Gasteiger charge is 2.33. The average molecular weight is 442 g/mol. The van der Waals surface area contributed by atoms with Crippen LogP contribution in [0.15, 0.2) is 23.6 Å². The van der Waals surface area contributed by atoms with Crippen molar-refractivity contribution in [3.05, 3.63) is 34.8 Å². The Morgan fingerprint density at radius 3 is 2.81 bits per heavy atom. The van der Waals surface area contributed by atoms with E-state index in [0.717, 1.165) is 17.0 Å². The lowest BCUT2D eigenvalue weighted by atomic mass is 9.98. The third kappa shape index (κ3) is 4.84. The number of nitrogens with one attached hydrogen (secondary N) is 1. The minimum Gasteiger partial charge on any atom is -0.493 e. The van der Waals surface area contributed by atoms with Gasteiger partial charge in [0, 0.05) is 30.2 Å². The van der Waals surface area contributed by atoms with E-state index in [2.05, 4.69) is 10.3 Å². The summed E-state index contributed by atoms with van der Waals surface area (Å²) in [5.41, 5.74) is 2.11. The standard InChI is InChI=1S/C23H27N3O4S/c1-29-19-7-6-16(8-20(19)30-12-14-2-3-14)17-9-22(28)26(10-17)11-21(27)25-23-24-18(13-31-23)15-4-5-15/h6-8,13-15,17H,2-5,9-12H2,1H3,(H,24,25,27). The van der Waals surface area contributed by atoms with Gasteiger partial charge in [0.2, 0.25) is 11.8 Å². The molecule has 5 rings (SSSR count). The molecular formula is C23H27N3O4S. The van der Waals surface area contributed by atoms with Gasteiger partial charge in [-0.15, -0.1) is 11.3 Å². The van der Waals surface area contributed by atoms with E-state index >= 15 is 0 Å². The summed E-state index contributed by atoms with van der Waals surface area (Å²) in [6.45, 7) is 1.27. The minimum absolute atomic E-state index is 0.00535. The number of rotatable bonds is 9. The number of nitrogens with zero attached hydrogens (tertiary/aromatic N) is 2. The second kappa shape index (κ2) is 8.49. The molecule has 2 heterocycles. The molecule has 0 bridgehead atoms. The molecule has 1 aromatic carbocycles. The van der Waals surface area contributed by atoms with Crippen molar-refractivity contribution in [1.82, 2.24) is 9.88 Å². The van der Waals surface area contributed by atoms with Crippen LogP contribution in [0.1, 0.15) is 55.2 Å². The van der Waals surface area contributed by atoms with Gasteiger partial charge in [-0.3, -0.25) is 9.59 Å². The molecule has 3 fully saturated rings. The molecule has 7 nitrogen and oxygen atoms in total. The number of thiazole rings is 1. The number of likely N-dealkylation sites (tertiary alicyclic amines) is 1. The van der Waals surface area contributed by atoms with E-state index in [1.54, 1.807) is 12.0 Å². The lowest BCUT2D eigenvalue weighted by Gasteiger charge is -2.17. The molecule has 2 aromatic rings. The molecule has 1 aliphatic heterocycles. The normalized spacial score (nSPS) is 20.7. The van der Waals surface area contributed by atoms with Gasteiger partial charge in [-0.05, 0) is 49.3 Å². The topological polar surface area (TPSA) is 80.8 Å². The molecular weight excluding hydrogens is 414 g/mol. The highest BCUT2D eigenvalue weighted by atomic mass is 32.1. The van der Waals surface area contributed by atoms with Crippen LogP contribution in [-0.2, 0) is 9.59 Å². The van der Waals surface area contributed by atoms with Crippen LogP contribution in [0.3, 0.4) is 0 Å². The Balaban J connectivity index is 1.19. The maximum Gasteiger partial charge on any atom is 0.245 e. The Morgan fingerprint density at radius 2 is 2.06 bits per heavy atom. The second-order valence-electron chi connectivity index (χ2n) is 8.74. The van der Waals surface area contributed by atoms with Crippen molar-refractivity contribution in [3.63, 3.8) is 0 Å². The summed E-state index contributed by atoms with van der Waals surface area (Å²) in [7, 11) is 1.63.